The van der Waals surface area contributed by atoms with E-state index in [0.717, 1.165) is 11.1 Å². The van der Waals surface area contributed by atoms with E-state index < -0.39 is 0 Å². The van der Waals surface area contributed by atoms with Gasteiger partial charge in [-0.15, -0.1) is 0 Å². The molecule has 116 valence electrons. The molecule has 21 heavy (non-hydrogen) atoms. The summed E-state index contributed by atoms with van der Waals surface area (Å²) in [6, 6.07) is 0. The molecule has 0 saturated heterocycles. The largest absolute Gasteiger partial charge is 0.492 e. The average Bonchev–Trinajstić information content (AvgIpc) is 2.43. The number of carbonyl (C=O) groups is 1. The average molecular weight is 291 g/mol. The van der Waals surface area contributed by atoms with Crippen molar-refractivity contribution < 1.29 is 14.3 Å². The summed E-state index contributed by atoms with van der Waals surface area (Å²) < 4.78 is 10.8. The first-order chi connectivity index (χ1) is 9.79. The summed E-state index contributed by atoms with van der Waals surface area (Å²) in [6.07, 6.45) is 1.27. The fourth-order valence-corrected chi connectivity index (χ4v) is 1.27. The van der Waals surface area contributed by atoms with Crippen LogP contribution in [0.15, 0.2) is 61.6 Å². The van der Waals surface area contributed by atoms with E-state index in [1.807, 2.05) is 13.8 Å². The third kappa shape index (κ3) is 7.82. The van der Waals surface area contributed by atoms with E-state index in [1.54, 1.807) is 4.90 Å². The monoisotopic (exact) mass is 291 g/mol. The van der Waals surface area contributed by atoms with Crippen LogP contribution in [0.5, 0.6) is 0 Å². The van der Waals surface area contributed by atoms with E-state index in [-0.39, 0.29) is 5.91 Å². The van der Waals surface area contributed by atoms with Gasteiger partial charge in [0, 0.05) is 0 Å². The minimum atomic E-state index is -0.177. The molecule has 4 heteroatoms. The fraction of sp³-hybridized carbons (Fsp3) is 0.353. The second kappa shape index (κ2) is 9.64. The lowest BCUT2D eigenvalue weighted by Crippen LogP contribution is -2.35. The van der Waals surface area contributed by atoms with E-state index in [9.17, 15) is 4.79 Å². The lowest BCUT2D eigenvalue weighted by Gasteiger charge is -2.22. The molecule has 0 atom stereocenters. The zero-order valence-electron chi connectivity index (χ0n) is 13.1. The maximum absolute atomic E-state index is 11.7. The number of hydrogen-bond acceptors (Lipinski definition) is 3. The maximum atomic E-state index is 11.7. The highest BCUT2D eigenvalue weighted by Crippen LogP contribution is 2.07. The minimum absolute atomic E-state index is 0.177. The Balaban J connectivity index is 4.28. The van der Waals surface area contributed by atoms with Crippen LogP contribution < -0.4 is 0 Å². The van der Waals surface area contributed by atoms with Gasteiger partial charge in [0.05, 0.1) is 13.1 Å². The highest BCUT2D eigenvalue weighted by molar-refractivity contribution is 5.86. The van der Waals surface area contributed by atoms with Crippen molar-refractivity contribution in [2.45, 2.75) is 13.8 Å². The molecule has 0 aliphatic rings. The van der Waals surface area contributed by atoms with E-state index >= 15 is 0 Å². The third-order valence-corrected chi connectivity index (χ3v) is 2.71. The smallest absolute Gasteiger partial charge is 0.246 e. The zero-order chi connectivity index (χ0) is 16.4. The highest BCUT2D eigenvalue weighted by Gasteiger charge is 2.11. The topological polar surface area (TPSA) is 38.8 Å². The van der Waals surface area contributed by atoms with Crippen molar-refractivity contribution in [1.29, 1.82) is 0 Å². The number of amides is 1. The first-order valence-electron chi connectivity index (χ1n) is 6.66. The highest BCUT2D eigenvalue weighted by atomic mass is 16.5. The van der Waals surface area contributed by atoms with E-state index in [1.165, 1.54) is 6.08 Å². The molecule has 0 fully saturated rings. The maximum Gasteiger partial charge on any atom is 0.246 e. The van der Waals surface area contributed by atoms with Gasteiger partial charge in [-0.3, -0.25) is 4.79 Å². The molecule has 0 aromatic carbocycles. The predicted molar refractivity (Wildman–Crippen MR) is 86.6 cm³/mol. The Morgan fingerprint density at radius 2 is 1.33 bits per heavy atom. The quantitative estimate of drug-likeness (QED) is 0.333. The second-order valence-electron chi connectivity index (χ2n) is 4.63. The Morgan fingerprint density at radius 1 is 0.952 bits per heavy atom. The first-order valence-corrected chi connectivity index (χ1v) is 6.66. The molecule has 0 aliphatic carbocycles. The first kappa shape index (κ1) is 18.8. The van der Waals surface area contributed by atoms with Crippen molar-refractivity contribution >= 4 is 5.91 Å². The van der Waals surface area contributed by atoms with E-state index in [0.29, 0.717) is 37.8 Å². The van der Waals surface area contributed by atoms with Gasteiger partial charge in [-0.2, -0.15) is 0 Å². The lowest BCUT2D eigenvalue weighted by atomic mass is 10.3. The number of ether oxygens (including phenoxy) is 2. The van der Waals surface area contributed by atoms with Gasteiger partial charge in [-0.1, -0.05) is 32.9 Å². The summed E-state index contributed by atoms with van der Waals surface area (Å²) in [5.41, 5.74) is 1.52. The number of hydrogen-bond donors (Lipinski definition) is 0. The van der Waals surface area contributed by atoms with E-state index in [4.69, 9.17) is 9.47 Å². The molecular weight excluding hydrogens is 266 g/mol. The molecule has 0 rings (SSSR count). The molecule has 0 saturated carbocycles. The van der Waals surface area contributed by atoms with Gasteiger partial charge in [0.2, 0.25) is 5.91 Å². The molecule has 0 N–H and O–H groups in total. The summed E-state index contributed by atoms with van der Waals surface area (Å²) in [4.78, 5) is 13.3. The molecule has 0 spiro atoms. The van der Waals surface area contributed by atoms with Gasteiger partial charge in [0.1, 0.15) is 24.7 Å². The van der Waals surface area contributed by atoms with Gasteiger partial charge in [-0.25, -0.2) is 0 Å². The van der Waals surface area contributed by atoms with Crippen molar-refractivity contribution in [2.24, 2.45) is 0 Å². The van der Waals surface area contributed by atoms with Gasteiger partial charge >= 0.3 is 0 Å². The third-order valence-electron chi connectivity index (χ3n) is 2.71. The van der Waals surface area contributed by atoms with Crippen LogP contribution in [0.1, 0.15) is 13.8 Å². The van der Waals surface area contributed by atoms with Crippen molar-refractivity contribution in [3.05, 3.63) is 61.6 Å². The van der Waals surface area contributed by atoms with Crippen LogP contribution >= 0.6 is 0 Å². The number of carbonyl (C=O) groups excluding carboxylic acids is 1. The van der Waals surface area contributed by atoms with Crippen molar-refractivity contribution in [1.82, 2.24) is 4.90 Å². The summed E-state index contributed by atoms with van der Waals surface area (Å²) in [6.45, 7) is 23.5. The SMILES string of the molecule is C=CC(=O)N(CCOC(=C)C(=C)C)CCOC(=C)C(=C)C. The van der Waals surface area contributed by atoms with Crippen LogP contribution in [0.4, 0.5) is 0 Å². The van der Waals surface area contributed by atoms with Gasteiger partial charge < -0.3 is 14.4 Å². The van der Waals surface area contributed by atoms with Crippen molar-refractivity contribution in [2.75, 3.05) is 26.3 Å². The van der Waals surface area contributed by atoms with Crippen molar-refractivity contribution in [3.8, 4) is 0 Å². The Morgan fingerprint density at radius 3 is 1.62 bits per heavy atom. The van der Waals surface area contributed by atoms with Crippen LogP contribution in [0, 0.1) is 0 Å². The normalized spacial score (nSPS) is 9.43. The van der Waals surface area contributed by atoms with Crippen LogP contribution in [-0.4, -0.2) is 37.1 Å². The molecule has 4 nitrogen and oxygen atoms in total. The molecule has 1 amide bonds. The summed E-state index contributed by atoms with van der Waals surface area (Å²) in [5, 5.41) is 0. The molecular formula is C17H25NO3. The molecule has 0 aromatic rings. The molecule has 0 aromatic heterocycles. The lowest BCUT2D eigenvalue weighted by molar-refractivity contribution is -0.127. The zero-order valence-corrected chi connectivity index (χ0v) is 13.1. The van der Waals surface area contributed by atoms with Gasteiger partial charge in [0.15, 0.2) is 0 Å². The van der Waals surface area contributed by atoms with Crippen LogP contribution in [0.25, 0.3) is 0 Å². The Kier molecular flexibility index (Phi) is 8.62. The van der Waals surface area contributed by atoms with Crippen LogP contribution in [-0.2, 0) is 14.3 Å². The number of allylic oxidation sites excluding steroid dienone is 2. The van der Waals surface area contributed by atoms with Gasteiger partial charge in [0.25, 0.3) is 0 Å². The molecule has 0 aliphatic heterocycles. The Labute approximate surface area is 127 Å². The van der Waals surface area contributed by atoms with Crippen LogP contribution in [0.2, 0.25) is 0 Å². The minimum Gasteiger partial charge on any atom is -0.492 e. The van der Waals surface area contributed by atoms with Crippen molar-refractivity contribution in [3.63, 3.8) is 0 Å². The number of rotatable bonds is 11. The Bertz CT molecular complexity index is 417. The molecule has 0 radical (unpaired) electrons. The van der Waals surface area contributed by atoms with Crippen LogP contribution in [0.3, 0.4) is 0 Å². The predicted octanol–water partition coefficient (Wildman–Crippen LogP) is 3.21. The Hall–Kier alpha value is -2.23. The van der Waals surface area contributed by atoms with Gasteiger partial charge in [-0.05, 0) is 31.1 Å². The molecule has 0 heterocycles. The summed E-state index contributed by atoms with van der Waals surface area (Å²) >= 11 is 0. The standard InChI is InChI=1S/C17H25NO3/c1-8-17(19)18(9-11-20-15(6)13(2)3)10-12-21-16(7)14(4)5/h8H,1-2,4,6-7,9-12H2,3,5H3. The number of nitrogens with zero attached hydrogens (tertiary/aromatic N) is 1. The molecule has 0 unspecified atom stereocenters. The van der Waals surface area contributed by atoms with E-state index in [2.05, 4.69) is 32.9 Å². The molecule has 0 bridgehead atoms. The fourth-order valence-electron chi connectivity index (χ4n) is 1.27. The summed E-state index contributed by atoms with van der Waals surface area (Å²) in [7, 11) is 0. The summed E-state index contributed by atoms with van der Waals surface area (Å²) in [5.74, 6) is 0.866. The second-order valence-corrected chi connectivity index (χ2v) is 4.63.